The maximum absolute atomic E-state index is 11.7. The number of hydrogen-bond donors (Lipinski definition) is 0. The van der Waals surface area contributed by atoms with Crippen molar-refractivity contribution >= 4 is 5.91 Å². The van der Waals surface area contributed by atoms with Crippen molar-refractivity contribution in [3.8, 4) is 0 Å². The molecule has 0 heterocycles. The second kappa shape index (κ2) is 5.69. The third-order valence-corrected chi connectivity index (χ3v) is 2.96. The van der Waals surface area contributed by atoms with Crippen molar-refractivity contribution in [1.29, 1.82) is 0 Å². The molecule has 0 saturated carbocycles. The highest BCUT2D eigenvalue weighted by molar-refractivity contribution is 5.76. The van der Waals surface area contributed by atoms with Gasteiger partial charge in [0, 0.05) is 20.5 Å². The van der Waals surface area contributed by atoms with Crippen molar-refractivity contribution in [2.45, 2.75) is 32.6 Å². The highest BCUT2D eigenvalue weighted by Crippen LogP contribution is 2.24. The quantitative estimate of drug-likeness (QED) is 0.762. The molecule has 2 heteroatoms. The summed E-state index contributed by atoms with van der Waals surface area (Å²) in [4.78, 5) is 13.3. The van der Waals surface area contributed by atoms with Gasteiger partial charge in [-0.2, -0.15) is 0 Å². The summed E-state index contributed by atoms with van der Waals surface area (Å²) in [6.07, 6.45) is 1.61. The Labute approximate surface area is 98.3 Å². The fraction of sp³-hybridized carbons (Fsp3) is 0.500. The minimum atomic E-state index is 0.201. The predicted octanol–water partition coefficient (Wildman–Crippen LogP) is 2.97. The molecule has 1 rings (SSSR count). The summed E-state index contributed by atoms with van der Waals surface area (Å²) in [7, 11) is 3.62. The third-order valence-electron chi connectivity index (χ3n) is 2.96. The highest BCUT2D eigenvalue weighted by atomic mass is 16.2. The average Bonchev–Trinajstić information content (AvgIpc) is 2.26. The van der Waals surface area contributed by atoms with E-state index in [9.17, 15) is 4.79 Å². The highest BCUT2D eigenvalue weighted by Gasteiger charge is 2.15. The summed E-state index contributed by atoms with van der Waals surface area (Å²) >= 11 is 0. The molecule has 0 N–H and O–H groups in total. The van der Waals surface area contributed by atoms with Gasteiger partial charge in [-0.1, -0.05) is 36.8 Å². The van der Waals surface area contributed by atoms with Crippen LogP contribution in [-0.4, -0.2) is 24.9 Å². The first-order valence-electron chi connectivity index (χ1n) is 5.81. The molecule has 0 aliphatic rings. The van der Waals surface area contributed by atoms with Crippen molar-refractivity contribution in [1.82, 2.24) is 4.90 Å². The molecule has 0 saturated heterocycles. The number of carbonyl (C=O) groups is 1. The second-order valence-electron chi connectivity index (χ2n) is 4.51. The minimum absolute atomic E-state index is 0.201. The molecule has 1 amide bonds. The summed E-state index contributed by atoms with van der Waals surface area (Å²) in [6, 6.07) is 8.48. The summed E-state index contributed by atoms with van der Waals surface area (Å²) in [5, 5.41) is 0. The maximum atomic E-state index is 11.7. The van der Waals surface area contributed by atoms with E-state index in [1.807, 2.05) is 14.1 Å². The Kier molecular flexibility index (Phi) is 4.53. The van der Waals surface area contributed by atoms with Crippen LogP contribution in [0.5, 0.6) is 0 Å². The Balaban J connectivity index is 2.74. The topological polar surface area (TPSA) is 20.3 Å². The van der Waals surface area contributed by atoms with Crippen molar-refractivity contribution in [2.24, 2.45) is 0 Å². The zero-order valence-electron chi connectivity index (χ0n) is 10.7. The Bertz CT molecular complexity index is 340. The van der Waals surface area contributed by atoms with E-state index < -0.39 is 0 Å². The molecule has 2 nitrogen and oxygen atoms in total. The lowest BCUT2D eigenvalue weighted by Gasteiger charge is -2.18. The second-order valence-corrected chi connectivity index (χ2v) is 4.51. The zero-order valence-corrected chi connectivity index (χ0v) is 10.7. The molecule has 0 fully saturated rings. The number of aryl methyl sites for hydroxylation is 1. The molecule has 0 bridgehead atoms. The third kappa shape index (κ3) is 3.37. The van der Waals surface area contributed by atoms with Crippen molar-refractivity contribution in [3.05, 3.63) is 35.4 Å². The van der Waals surface area contributed by atoms with E-state index in [0.29, 0.717) is 12.3 Å². The molecule has 1 aromatic rings. The van der Waals surface area contributed by atoms with Gasteiger partial charge in [-0.3, -0.25) is 4.79 Å². The molecule has 1 unspecified atom stereocenters. The van der Waals surface area contributed by atoms with Crippen LogP contribution in [0.1, 0.15) is 36.8 Å². The van der Waals surface area contributed by atoms with Crippen LogP contribution in [0.15, 0.2) is 24.3 Å². The lowest BCUT2D eigenvalue weighted by Crippen LogP contribution is -2.23. The molecule has 1 aromatic carbocycles. The van der Waals surface area contributed by atoms with Crippen LogP contribution in [0.2, 0.25) is 0 Å². The molecular weight excluding hydrogens is 198 g/mol. The predicted molar refractivity (Wildman–Crippen MR) is 67.5 cm³/mol. The molecule has 0 radical (unpaired) electrons. The number of carbonyl (C=O) groups excluding carboxylic acids is 1. The van der Waals surface area contributed by atoms with Crippen LogP contribution in [0.25, 0.3) is 0 Å². The van der Waals surface area contributed by atoms with Crippen LogP contribution >= 0.6 is 0 Å². The fourth-order valence-corrected chi connectivity index (χ4v) is 1.73. The SMILES string of the molecule is CCC(CC(=O)N(C)C)c1ccc(C)cc1. The summed E-state index contributed by atoms with van der Waals surface area (Å²) in [5.74, 6) is 0.544. The number of nitrogens with zero attached hydrogens (tertiary/aromatic N) is 1. The Morgan fingerprint density at radius 1 is 1.25 bits per heavy atom. The van der Waals surface area contributed by atoms with Crippen molar-refractivity contribution in [2.75, 3.05) is 14.1 Å². The van der Waals surface area contributed by atoms with Gasteiger partial charge in [0.1, 0.15) is 0 Å². The van der Waals surface area contributed by atoms with Gasteiger partial charge in [0.05, 0.1) is 0 Å². The van der Waals surface area contributed by atoms with E-state index in [1.54, 1.807) is 4.90 Å². The van der Waals surface area contributed by atoms with E-state index in [0.717, 1.165) is 6.42 Å². The first-order valence-corrected chi connectivity index (χ1v) is 5.81. The molecular formula is C14H21NO. The molecule has 0 aromatic heterocycles. The van der Waals surface area contributed by atoms with Crippen LogP contribution in [0, 0.1) is 6.92 Å². The normalized spacial score (nSPS) is 12.2. The standard InChI is InChI=1S/C14H21NO/c1-5-12(10-14(16)15(3)4)13-8-6-11(2)7-9-13/h6-9,12H,5,10H2,1-4H3. The van der Waals surface area contributed by atoms with Crippen LogP contribution in [0.3, 0.4) is 0 Å². The van der Waals surface area contributed by atoms with E-state index in [2.05, 4.69) is 38.1 Å². The molecule has 0 aliphatic heterocycles. The molecule has 0 aliphatic carbocycles. The molecule has 88 valence electrons. The molecule has 1 atom stereocenters. The summed E-state index contributed by atoms with van der Waals surface area (Å²) in [5.41, 5.74) is 2.53. The van der Waals surface area contributed by atoms with Gasteiger partial charge < -0.3 is 4.90 Å². The van der Waals surface area contributed by atoms with Gasteiger partial charge in [-0.25, -0.2) is 0 Å². The first-order chi connectivity index (χ1) is 7.54. The summed E-state index contributed by atoms with van der Waals surface area (Å²) in [6.45, 7) is 4.21. The molecule has 0 spiro atoms. The van der Waals surface area contributed by atoms with E-state index >= 15 is 0 Å². The van der Waals surface area contributed by atoms with Gasteiger partial charge in [0.2, 0.25) is 5.91 Å². The lowest BCUT2D eigenvalue weighted by atomic mass is 9.92. The van der Waals surface area contributed by atoms with Crippen molar-refractivity contribution in [3.63, 3.8) is 0 Å². The van der Waals surface area contributed by atoms with Gasteiger partial charge >= 0.3 is 0 Å². The molecule has 16 heavy (non-hydrogen) atoms. The van der Waals surface area contributed by atoms with Gasteiger partial charge in [0.15, 0.2) is 0 Å². The van der Waals surface area contributed by atoms with Crippen molar-refractivity contribution < 1.29 is 4.79 Å². The van der Waals surface area contributed by atoms with Gasteiger partial charge in [-0.05, 0) is 24.8 Å². The van der Waals surface area contributed by atoms with Gasteiger partial charge in [-0.15, -0.1) is 0 Å². The Morgan fingerprint density at radius 2 is 1.81 bits per heavy atom. The fourth-order valence-electron chi connectivity index (χ4n) is 1.73. The minimum Gasteiger partial charge on any atom is -0.349 e. The average molecular weight is 219 g/mol. The number of benzene rings is 1. The maximum Gasteiger partial charge on any atom is 0.222 e. The lowest BCUT2D eigenvalue weighted by molar-refractivity contribution is -0.129. The van der Waals surface area contributed by atoms with E-state index in [1.165, 1.54) is 11.1 Å². The van der Waals surface area contributed by atoms with Crippen LogP contribution in [-0.2, 0) is 4.79 Å². The van der Waals surface area contributed by atoms with E-state index in [-0.39, 0.29) is 5.91 Å². The Morgan fingerprint density at radius 3 is 2.25 bits per heavy atom. The zero-order chi connectivity index (χ0) is 12.1. The van der Waals surface area contributed by atoms with E-state index in [4.69, 9.17) is 0 Å². The summed E-state index contributed by atoms with van der Waals surface area (Å²) < 4.78 is 0. The first kappa shape index (κ1) is 12.8. The monoisotopic (exact) mass is 219 g/mol. The number of rotatable bonds is 4. The van der Waals surface area contributed by atoms with Gasteiger partial charge in [0.25, 0.3) is 0 Å². The number of hydrogen-bond acceptors (Lipinski definition) is 1. The Hall–Kier alpha value is -1.31. The smallest absolute Gasteiger partial charge is 0.222 e. The van der Waals surface area contributed by atoms with Crippen LogP contribution < -0.4 is 0 Å². The largest absolute Gasteiger partial charge is 0.349 e. The van der Waals surface area contributed by atoms with Crippen LogP contribution in [0.4, 0.5) is 0 Å². The number of amides is 1.